The van der Waals surface area contributed by atoms with E-state index >= 15 is 0 Å². The molecule has 130 valence electrons. The molecule has 1 aliphatic carbocycles. The van der Waals surface area contributed by atoms with Gasteiger partial charge in [0.25, 0.3) is 0 Å². The van der Waals surface area contributed by atoms with E-state index in [-0.39, 0.29) is 64.4 Å². The summed E-state index contributed by atoms with van der Waals surface area (Å²) in [6.07, 6.45) is 3.39. The van der Waals surface area contributed by atoms with Crippen LogP contribution in [0.2, 0.25) is 0 Å². The molecule has 0 spiro atoms. The normalized spacial score (nSPS) is 15.7. The third kappa shape index (κ3) is 10.2. The van der Waals surface area contributed by atoms with Gasteiger partial charge in [0, 0.05) is 10.2 Å². The molecule has 0 fully saturated rings. The zero-order valence-electron chi connectivity index (χ0n) is 15.1. The van der Waals surface area contributed by atoms with Crippen LogP contribution < -0.4 is 0 Å². The van der Waals surface area contributed by atoms with Crippen molar-refractivity contribution in [3.63, 3.8) is 0 Å². The van der Waals surface area contributed by atoms with E-state index in [2.05, 4.69) is 65.8 Å². The summed E-state index contributed by atoms with van der Waals surface area (Å²) in [6.45, 7) is 13.2. The predicted molar refractivity (Wildman–Crippen MR) is 110 cm³/mol. The largest absolute Gasteiger partial charge is 2.00 e. The fourth-order valence-corrected chi connectivity index (χ4v) is 2.54. The molecule has 0 saturated heterocycles. The SMILES string of the molecule is CC(C)(C)c1[c-]cccc1.CC1=[C-]C(C)C([SiH3])=C1C.Cl.Cl.Cl.[Ti+2]. The summed E-state index contributed by atoms with van der Waals surface area (Å²) in [5.41, 5.74) is 4.37. The Morgan fingerprint density at radius 3 is 1.74 bits per heavy atom. The van der Waals surface area contributed by atoms with Crippen molar-refractivity contribution in [2.45, 2.75) is 47.0 Å². The van der Waals surface area contributed by atoms with Crippen LogP contribution in [0.3, 0.4) is 0 Å². The van der Waals surface area contributed by atoms with Gasteiger partial charge < -0.3 is 0 Å². The molecule has 5 heteroatoms. The van der Waals surface area contributed by atoms with Gasteiger partial charge in [0.15, 0.2) is 0 Å². The van der Waals surface area contributed by atoms with E-state index < -0.39 is 0 Å². The zero-order chi connectivity index (χ0) is 14.6. The summed E-state index contributed by atoms with van der Waals surface area (Å²) in [5, 5.41) is 1.62. The van der Waals surface area contributed by atoms with Crippen molar-refractivity contribution in [2.75, 3.05) is 0 Å². The second-order valence-corrected chi connectivity index (χ2v) is 7.40. The molecule has 1 atom stereocenters. The minimum Gasteiger partial charge on any atom is -0.267 e. The topological polar surface area (TPSA) is 0 Å². The van der Waals surface area contributed by atoms with Gasteiger partial charge in [0.2, 0.25) is 0 Å². The molecule has 0 radical (unpaired) electrons. The molecule has 0 aliphatic heterocycles. The van der Waals surface area contributed by atoms with Crippen molar-refractivity contribution >= 4 is 47.5 Å². The zero-order valence-corrected chi connectivity index (χ0v) is 21.1. The van der Waals surface area contributed by atoms with Crippen LogP contribution in [0.4, 0.5) is 0 Å². The molecule has 23 heavy (non-hydrogen) atoms. The van der Waals surface area contributed by atoms with Gasteiger partial charge in [-0.2, -0.15) is 41.1 Å². The number of hydrogen-bond donors (Lipinski definition) is 0. The molecule has 0 bridgehead atoms. The molecule has 0 N–H and O–H groups in total. The van der Waals surface area contributed by atoms with E-state index in [1.807, 2.05) is 12.1 Å². The van der Waals surface area contributed by atoms with Gasteiger partial charge in [-0.25, -0.2) is 11.1 Å². The summed E-state index contributed by atoms with van der Waals surface area (Å²) in [4.78, 5) is 0. The van der Waals surface area contributed by atoms with Crippen LogP contribution in [0.15, 0.2) is 40.6 Å². The molecular weight excluding hydrogens is 399 g/mol. The Morgan fingerprint density at radius 2 is 1.57 bits per heavy atom. The Kier molecular flexibility index (Phi) is 18.7. The summed E-state index contributed by atoms with van der Waals surface area (Å²) < 4.78 is 0. The van der Waals surface area contributed by atoms with Crippen LogP contribution in [-0.4, -0.2) is 10.2 Å². The molecule has 0 saturated carbocycles. The van der Waals surface area contributed by atoms with Gasteiger partial charge in [-0.05, 0) is 5.41 Å². The average molecular weight is 428 g/mol. The van der Waals surface area contributed by atoms with Crippen molar-refractivity contribution in [1.82, 2.24) is 0 Å². The fraction of sp³-hybridized carbons (Fsp3) is 0.444. The summed E-state index contributed by atoms with van der Waals surface area (Å²) in [6, 6.07) is 11.3. The van der Waals surface area contributed by atoms with Crippen molar-refractivity contribution in [3.05, 3.63) is 58.3 Å². The summed E-state index contributed by atoms with van der Waals surface area (Å²) in [5.74, 6) is 0.622. The number of rotatable bonds is 0. The smallest absolute Gasteiger partial charge is 0.267 e. The first kappa shape index (κ1) is 31.3. The molecule has 0 amide bonds. The van der Waals surface area contributed by atoms with Crippen LogP contribution in [-0.2, 0) is 27.1 Å². The monoisotopic (exact) mass is 426 g/mol. The number of allylic oxidation sites excluding steroid dienone is 4. The van der Waals surface area contributed by atoms with Gasteiger partial charge in [-0.3, -0.25) is 6.08 Å². The van der Waals surface area contributed by atoms with Gasteiger partial charge >= 0.3 is 21.7 Å². The van der Waals surface area contributed by atoms with Crippen molar-refractivity contribution in [1.29, 1.82) is 0 Å². The number of halogens is 3. The third-order valence-corrected chi connectivity index (χ3v) is 5.37. The molecule has 1 aromatic rings. The fourth-order valence-electron chi connectivity index (χ4n) is 2.02. The maximum Gasteiger partial charge on any atom is 2.00 e. The third-order valence-electron chi connectivity index (χ3n) is 3.75. The van der Waals surface area contributed by atoms with Crippen molar-refractivity contribution in [2.24, 2.45) is 5.92 Å². The average Bonchev–Trinajstić information content (AvgIpc) is 2.57. The van der Waals surface area contributed by atoms with Crippen LogP contribution >= 0.6 is 37.2 Å². The Bertz CT molecular complexity index is 491. The Balaban J connectivity index is -0.000000134. The first-order valence-corrected chi connectivity index (χ1v) is 7.98. The van der Waals surface area contributed by atoms with Crippen LogP contribution in [0.5, 0.6) is 0 Å². The Morgan fingerprint density at radius 1 is 1.04 bits per heavy atom. The molecule has 2 rings (SSSR count). The predicted octanol–water partition coefficient (Wildman–Crippen LogP) is 5.07. The van der Waals surface area contributed by atoms with Gasteiger partial charge in [-0.15, -0.1) is 50.1 Å². The first-order valence-electron chi connectivity index (χ1n) is 6.98. The summed E-state index contributed by atoms with van der Waals surface area (Å²) >= 11 is 0. The van der Waals surface area contributed by atoms with Gasteiger partial charge in [-0.1, -0.05) is 34.6 Å². The van der Waals surface area contributed by atoms with Crippen LogP contribution in [0.1, 0.15) is 47.1 Å². The molecule has 1 unspecified atom stereocenters. The van der Waals surface area contributed by atoms with E-state index in [1.165, 1.54) is 27.0 Å². The minimum atomic E-state index is 0. The van der Waals surface area contributed by atoms with Crippen molar-refractivity contribution < 1.29 is 21.7 Å². The number of hydrogen-bond acceptors (Lipinski definition) is 0. The second kappa shape index (κ2) is 13.8. The van der Waals surface area contributed by atoms with Gasteiger partial charge in [0.05, 0.1) is 0 Å². The maximum atomic E-state index is 3.39. The van der Waals surface area contributed by atoms with E-state index in [9.17, 15) is 0 Å². The number of benzene rings is 1. The van der Waals surface area contributed by atoms with Crippen LogP contribution in [0, 0.1) is 18.1 Å². The molecule has 0 aromatic heterocycles. The summed E-state index contributed by atoms with van der Waals surface area (Å²) in [7, 11) is 1.21. The quantitative estimate of drug-likeness (QED) is 0.400. The molecule has 1 aromatic carbocycles. The van der Waals surface area contributed by atoms with E-state index in [4.69, 9.17) is 0 Å². The Hall–Kier alpha value is 0.501. The molecule has 1 aliphatic rings. The first-order chi connectivity index (χ1) is 8.73. The maximum absolute atomic E-state index is 3.39. The van der Waals surface area contributed by atoms with E-state index in [1.54, 1.807) is 5.20 Å². The van der Waals surface area contributed by atoms with Crippen molar-refractivity contribution in [3.8, 4) is 0 Å². The molecule has 0 nitrogen and oxygen atoms in total. The second-order valence-electron chi connectivity index (χ2n) is 6.33. The Labute approximate surface area is 179 Å². The minimum absolute atomic E-state index is 0. The molecule has 0 heterocycles. The van der Waals surface area contributed by atoms with E-state index in [0.29, 0.717) is 5.92 Å². The van der Waals surface area contributed by atoms with Crippen LogP contribution in [0.25, 0.3) is 0 Å². The van der Waals surface area contributed by atoms with E-state index in [0.717, 1.165) is 0 Å². The standard InChI is InChI=1S/C10H13.C8H13Si.3ClH.Ti/c1-10(2,3)9-7-5-4-6-8-9;1-5-4-6(2)8(9)7(5)3;;;;/h4-7H,1-3H3;6H,1-3,9H3;3*1H;/q2*-1;;;;+2. The molecular formula is C18H29Cl3SiTi. The van der Waals surface area contributed by atoms with Gasteiger partial charge in [0.1, 0.15) is 0 Å².